The van der Waals surface area contributed by atoms with Crippen molar-refractivity contribution in [3.63, 3.8) is 0 Å². The summed E-state index contributed by atoms with van der Waals surface area (Å²) in [4.78, 5) is 5.35. The molecular formula is C19H20ClN3S. The van der Waals surface area contributed by atoms with Crippen LogP contribution in [0.25, 0.3) is 0 Å². The fourth-order valence-corrected chi connectivity index (χ4v) is 3.93. The van der Waals surface area contributed by atoms with Crippen LogP contribution in [0.15, 0.2) is 72.1 Å². The molecule has 1 atom stereocenters. The van der Waals surface area contributed by atoms with Crippen molar-refractivity contribution in [1.29, 1.82) is 0 Å². The largest absolute Gasteiger partial charge is 0.399 e. The Balaban J connectivity index is 1.68. The molecule has 0 spiro atoms. The Labute approximate surface area is 151 Å². The van der Waals surface area contributed by atoms with Crippen LogP contribution in [0, 0.1) is 0 Å². The predicted molar refractivity (Wildman–Crippen MR) is 102 cm³/mol. The minimum absolute atomic E-state index is 0.441. The smallest absolute Gasteiger partial charge is 0.0946 e. The molecule has 0 aliphatic rings. The Morgan fingerprint density at radius 1 is 1.17 bits per heavy atom. The van der Waals surface area contributed by atoms with Gasteiger partial charge in [-0.15, -0.1) is 11.8 Å². The lowest BCUT2D eigenvalue weighted by atomic mass is 10.1. The fourth-order valence-electron chi connectivity index (χ4n) is 2.58. The fraction of sp³-hybridized carbons (Fsp3) is 0.211. The van der Waals surface area contributed by atoms with Crippen molar-refractivity contribution >= 4 is 29.1 Å². The van der Waals surface area contributed by atoms with Crippen molar-refractivity contribution in [2.24, 2.45) is 0 Å². The highest BCUT2D eigenvalue weighted by Crippen LogP contribution is 2.29. The molecule has 1 aromatic heterocycles. The molecule has 0 saturated carbocycles. The second-order valence-electron chi connectivity index (χ2n) is 5.74. The van der Waals surface area contributed by atoms with Crippen molar-refractivity contribution in [2.45, 2.75) is 29.5 Å². The number of anilines is 1. The molecule has 0 aliphatic heterocycles. The highest BCUT2D eigenvalue weighted by atomic mass is 35.5. The average molecular weight is 358 g/mol. The van der Waals surface area contributed by atoms with E-state index in [-0.39, 0.29) is 0 Å². The molecule has 1 unspecified atom stereocenters. The van der Waals surface area contributed by atoms with Gasteiger partial charge in [0.15, 0.2) is 0 Å². The van der Waals surface area contributed by atoms with E-state index in [4.69, 9.17) is 17.3 Å². The summed E-state index contributed by atoms with van der Waals surface area (Å²) in [5, 5.41) is 1.22. The van der Waals surface area contributed by atoms with E-state index >= 15 is 0 Å². The summed E-state index contributed by atoms with van der Waals surface area (Å²) in [7, 11) is 0. The van der Waals surface area contributed by atoms with Crippen LogP contribution in [0.3, 0.4) is 0 Å². The molecule has 124 valence electrons. The third-order valence-electron chi connectivity index (χ3n) is 3.80. The van der Waals surface area contributed by atoms with Crippen LogP contribution in [0.5, 0.6) is 0 Å². The van der Waals surface area contributed by atoms with Gasteiger partial charge in [0.2, 0.25) is 0 Å². The second-order valence-corrected chi connectivity index (χ2v) is 7.55. The molecule has 0 radical (unpaired) electrons. The van der Waals surface area contributed by atoms with E-state index in [2.05, 4.69) is 27.8 Å². The first-order valence-electron chi connectivity index (χ1n) is 7.91. The Morgan fingerprint density at radius 3 is 2.71 bits per heavy atom. The maximum atomic E-state index is 5.97. The first-order chi connectivity index (χ1) is 11.7. The summed E-state index contributed by atoms with van der Waals surface area (Å²) < 4.78 is 2.13. The molecule has 2 aromatic carbocycles. The van der Waals surface area contributed by atoms with Gasteiger partial charge in [-0.3, -0.25) is 0 Å². The van der Waals surface area contributed by atoms with Crippen molar-refractivity contribution in [3.8, 4) is 0 Å². The number of nitrogens with zero attached hydrogens (tertiary/aromatic N) is 2. The van der Waals surface area contributed by atoms with E-state index in [9.17, 15) is 0 Å². The van der Waals surface area contributed by atoms with Crippen LogP contribution in [0.2, 0.25) is 5.02 Å². The quantitative estimate of drug-likeness (QED) is 0.482. The number of rotatable bonds is 7. The number of hydrogen-bond donors (Lipinski definition) is 1. The summed E-state index contributed by atoms with van der Waals surface area (Å²) in [6.45, 7) is 0.924. The number of aryl methyl sites for hydroxylation is 1. The van der Waals surface area contributed by atoms with Gasteiger partial charge in [-0.05, 0) is 48.7 Å². The summed E-state index contributed by atoms with van der Waals surface area (Å²) >= 11 is 7.83. The number of hydrogen-bond acceptors (Lipinski definition) is 3. The lowest BCUT2D eigenvalue weighted by molar-refractivity contribution is 0.624. The maximum Gasteiger partial charge on any atom is 0.0946 e. The van der Waals surface area contributed by atoms with E-state index in [0.717, 1.165) is 30.1 Å². The minimum Gasteiger partial charge on any atom is -0.399 e. The number of imidazole rings is 1. The molecule has 2 N–H and O–H groups in total. The summed E-state index contributed by atoms with van der Waals surface area (Å²) in [5.74, 6) is 0. The van der Waals surface area contributed by atoms with Crippen LogP contribution < -0.4 is 5.73 Å². The van der Waals surface area contributed by atoms with Crippen LogP contribution in [0.4, 0.5) is 5.69 Å². The number of nitrogen functional groups attached to an aromatic ring is 1. The Morgan fingerprint density at radius 2 is 2.00 bits per heavy atom. The van der Waals surface area contributed by atoms with Crippen molar-refractivity contribution in [1.82, 2.24) is 9.55 Å². The number of aromatic nitrogens is 2. The summed E-state index contributed by atoms with van der Waals surface area (Å²) in [6.07, 6.45) is 7.79. The highest BCUT2D eigenvalue weighted by molar-refractivity contribution is 8.00. The maximum absolute atomic E-state index is 5.97. The average Bonchev–Trinajstić information content (AvgIpc) is 3.07. The topological polar surface area (TPSA) is 43.8 Å². The third-order valence-corrected chi connectivity index (χ3v) is 5.30. The van der Waals surface area contributed by atoms with Gasteiger partial charge in [-0.1, -0.05) is 29.8 Å². The molecule has 3 aromatic rings. The van der Waals surface area contributed by atoms with Crippen LogP contribution in [0.1, 0.15) is 12.0 Å². The molecule has 0 amide bonds. The molecule has 3 nitrogen and oxygen atoms in total. The SMILES string of the molecule is Nc1cccc(SC(CCc2ccc(Cl)cc2)Cn2ccnc2)c1. The molecule has 0 fully saturated rings. The van der Waals surface area contributed by atoms with E-state index in [1.807, 2.05) is 60.8 Å². The van der Waals surface area contributed by atoms with Gasteiger partial charge in [0.1, 0.15) is 0 Å². The molecule has 24 heavy (non-hydrogen) atoms. The predicted octanol–water partition coefficient (Wildman–Crippen LogP) is 4.91. The van der Waals surface area contributed by atoms with E-state index in [1.165, 1.54) is 10.5 Å². The molecule has 0 aliphatic carbocycles. The molecule has 5 heteroatoms. The van der Waals surface area contributed by atoms with Gasteiger partial charge < -0.3 is 10.3 Å². The van der Waals surface area contributed by atoms with Gasteiger partial charge in [0.05, 0.1) is 6.33 Å². The molecule has 3 rings (SSSR count). The lowest BCUT2D eigenvalue weighted by Gasteiger charge is -2.17. The van der Waals surface area contributed by atoms with Crippen molar-refractivity contribution in [2.75, 3.05) is 5.73 Å². The Kier molecular flexibility index (Phi) is 5.83. The zero-order valence-corrected chi connectivity index (χ0v) is 14.9. The van der Waals surface area contributed by atoms with E-state index in [0.29, 0.717) is 5.25 Å². The molecule has 0 bridgehead atoms. The number of benzene rings is 2. The number of thioether (sulfide) groups is 1. The minimum atomic E-state index is 0.441. The number of nitrogens with two attached hydrogens (primary N) is 1. The van der Waals surface area contributed by atoms with Gasteiger partial charge in [-0.2, -0.15) is 0 Å². The standard InChI is InChI=1S/C19H20ClN3S/c20-16-7-4-15(5-8-16)6-9-19(13-23-11-10-22-14-23)24-18-3-1-2-17(21)12-18/h1-5,7-8,10-12,14,19H,6,9,13,21H2. The summed E-state index contributed by atoms with van der Waals surface area (Å²) in [6, 6.07) is 16.2. The first-order valence-corrected chi connectivity index (χ1v) is 9.17. The zero-order chi connectivity index (χ0) is 16.8. The van der Waals surface area contributed by atoms with Crippen LogP contribution >= 0.6 is 23.4 Å². The van der Waals surface area contributed by atoms with Gasteiger partial charge >= 0.3 is 0 Å². The Bertz CT molecular complexity index is 757. The molecule has 0 saturated heterocycles. The number of halogens is 1. The van der Waals surface area contributed by atoms with Gasteiger partial charge in [0, 0.05) is 39.8 Å². The van der Waals surface area contributed by atoms with Crippen molar-refractivity contribution < 1.29 is 0 Å². The van der Waals surface area contributed by atoms with E-state index < -0.39 is 0 Å². The third kappa shape index (κ3) is 5.05. The van der Waals surface area contributed by atoms with Crippen LogP contribution in [-0.2, 0) is 13.0 Å². The highest BCUT2D eigenvalue weighted by Gasteiger charge is 2.12. The Hall–Kier alpha value is -1.91. The van der Waals surface area contributed by atoms with Gasteiger partial charge in [-0.25, -0.2) is 4.98 Å². The normalized spacial score (nSPS) is 12.2. The monoisotopic (exact) mass is 357 g/mol. The lowest BCUT2D eigenvalue weighted by Crippen LogP contribution is -2.13. The first kappa shape index (κ1) is 16.9. The molecular weight excluding hydrogens is 338 g/mol. The van der Waals surface area contributed by atoms with Gasteiger partial charge in [0.25, 0.3) is 0 Å². The molecule has 1 heterocycles. The second kappa shape index (κ2) is 8.27. The van der Waals surface area contributed by atoms with E-state index in [1.54, 1.807) is 0 Å². The zero-order valence-electron chi connectivity index (χ0n) is 13.3. The summed E-state index contributed by atoms with van der Waals surface area (Å²) in [5.41, 5.74) is 8.02. The van der Waals surface area contributed by atoms with Crippen LogP contribution in [-0.4, -0.2) is 14.8 Å². The van der Waals surface area contributed by atoms with Crippen molar-refractivity contribution in [3.05, 3.63) is 77.8 Å².